The number of carbonyl (C=O) groups is 1. The maximum atomic E-state index is 11.8. The van der Waals surface area contributed by atoms with E-state index in [2.05, 4.69) is 11.7 Å². The van der Waals surface area contributed by atoms with Crippen molar-refractivity contribution < 1.29 is 19.5 Å². The highest BCUT2D eigenvalue weighted by Crippen LogP contribution is 2.21. The third-order valence-corrected chi connectivity index (χ3v) is 2.68. The molecule has 0 aliphatic rings. The van der Waals surface area contributed by atoms with Gasteiger partial charge in [-0.1, -0.05) is 36.0 Å². The van der Waals surface area contributed by atoms with Crippen molar-refractivity contribution in [1.29, 1.82) is 0 Å². The summed E-state index contributed by atoms with van der Waals surface area (Å²) in [4.78, 5) is 11.8. The Morgan fingerprint density at radius 2 is 2.10 bits per heavy atom. The molecule has 0 saturated heterocycles. The number of hydrogen-bond donors (Lipinski definition) is 1. The lowest BCUT2D eigenvalue weighted by molar-refractivity contribution is -0.133. The van der Waals surface area contributed by atoms with Gasteiger partial charge in [0.05, 0.1) is 26.2 Å². The molecule has 0 heterocycles. The summed E-state index contributed by atoms with van der Waals surface area (Å²) in [6.45, 7) is 3.57. The number of nitrogens with zero attached hydrogens (tertiary/aromatic N) is 1. The van der Waals surface area contributed by atoms with Crippen LogP contribution in [0.1, 0.15) is 11.1 Å². The normalized spacial score (nSPS) is 11.9. The van der Waals surface area contributed by atoms with Crippen LogP contribution in [0.2, 0.25) is 0 Å². The first-order chi connectivity index (χ1) is 9.67. The van der Waals surface area contributed by atoms with Crippen LogP contribution >= 0.6 is 0 Å². The molecule has 0 aliphatic carbocycles. The van der Waals surface area contributed by atoms with Gasteiger partial charge in [0.1, 0.15) is 5.57 Å². The molecule has 0 aromatic heterocycles. The number of hydrogen-bond acceptors (Lipinski definition) is 5. The molecule has 5 nitrogen and oxygen atoms in total. The Hall–Kier alpha value is -2.56. The van der Waals surface area contributed by atoms with Gasteiger partial charge in [-0.05, 0) is 17.2 Å². The van der Waals surface area contributed by atoms with Crippen molar-refractivity contribution >= 4 is 17.3 Å². The Kier molecular flexibility index (Phi) is 6.03. The van der Waals surface area contributed by atoms with E-state index >= 15 is 0 Å². The van der Waals surface area contributed by atoms with Crippen LogP contribution in [0.3, 0.4) is 0 Å². The minimum absolute atomic E-state index is 0.298. The minimum atomic E-state index is -0.500. The fraction of sp³-hybridized carbons (Fsp3) is 0.200. The zero-order valence-electron chi connectivity index (χ0n) is 11.5. The summed E-state index contributed by atoms with van der Waals surface area (Å²) in [5.41, 5.74) is 2.16. The molecule has 0 aliphatic heterocycles. The summed E-state index contributed by atoms with van der Waals surface area (Å²) in [6, 6.07) is 7.24. The lowest BCUT2D eigenvalue weighted by atomic mass is 9.96. The second-order valence-electron chi connectivity index (χ2n) is 3.89. The minimum Gasteiger partial charge on any atom is -0.503 e. The Labute approximate surface area is 117 Å². The van der Waals surface area contributed by atoms with E-state index < -0.39 is 5.97 Å². The molecule has 106 valence electrons. The number of oxime groups is 1. The van der Waals surface area contributed by atoms with E-state index in [0.717, 1.165) is 5.56 Å². The SMILES string of the molecule is C=C/C(Cc1ccccc1/C(=C\OC)C(=O)OC)=N\O. The molecule has 1 rings (SSSR count). The number of ether oxygens (including phenoxy) is 2. The first-order valence-electron chi connectivity index (χ1n) is 5.90. The van der Waals surface area contributed by atoms with Crippen molar-refractivity contribution in [1.82, 2.24) is 0 Å². The van der Waals surface area contributed by atoms with E-state index in [1.54, 1.807) is 12.1 Å². The van der Waals surface area contributed by atoms with Gasteiger partial charge in [-0.3, -0.25) is 0 Å². The summed E-state index contributed by atoms with van der Waals surface area (Å²) < 4.78 is 9.68. The van der Waals surface area contributed by atoms with Gasteiger partial charge in [0, 0.05) is 6.42 Å². The standard InChI is InChI=1S/C15H17NO4/c1-4-12(16-18)9-11-7-5-6-8-13(11)14(10-19-2)15(17)20-3/h4-8,10,18H,1,9H2,2-3H3/b14-10+,16-12+. The third kappa shape index (κ3) is 3.71. The molecule has 1 aromatic carbocycles. The van der Waals surface area contributed by atoms with Crippen molar-refractivity contribution in [2.45, 2.75) is 6.42 Å². The van der Waals surface area contributed by atoms with Crippen molar-refractivity contribution in [2.75, 3.05) is 14.2 Å². The van der Waals surface area contributed by atoms with Crippen LogP contribution in [0.5, 0.6) is 0 Å². The first kappa shape index (κ1) is 15.5. The quantitative estimate of drug-likeness (QED) is 0.216. The molecular weight excluding hydrogens is 258 g/mol. The number of benzene rings is 1. The first-order valence-corrected chi connectivity index (χ1v) is 5.90. The molecule has 0 radical (unpaired) electrons. The van der Waals surface area contributed by atoms with Gasteiger partial charge in [0.25, 0.3) is 0 Å². The molecule has 0 unspecified atom stereocenters. The summed E-state index contributed by atoms with van der Waals surface area (Å²) in [5.74, 6) is -0.500. The molecule has 0 spiro atoms. The topological polar surface area (TPSA) is 68.1 Å². The van der Waals surface area contributed by atoms with Gasteiger partial charge in [-0.2, -0.15) is 0 Å². The molecular formula is C15H17NO4. The monoisotopic (exact) mass is 275 g/mol. The van der Waals surface area contributed by atoms with Crippen LogP contribution in [0.4, 0.5) is 0 Å². The van der Waals surface area contributed by atoms with Gasteiger partial charge < -0.3 is 14.7 Å². The lowest BCUT2D eigenvalue weighted by Gasteiger charge is -2.11. The Bertz CT molecular complexity index is 547. The van der Waals surface area contributed by atoms with Crippen LogP contribution in [-0.4, -0.2) is 31.1 Å². The molecule has 0 fully saturated rings. The maximum Gasteiger partial charge on any atom is 0.341 e. The van der Waals surface area contributed by atoms with E-state index in [0.29, 0.717) is 23.3 Å². The summed E-state index contributed by atoms with van der Waals surface area (Å²) in [5, 5.41) is 12.0. The van der Waals surface area contributed by atoms with Crippen LogP contribution in [0, 0.1) is 0 Å². The average molecular weight is 275 g/mol. The largest absolute Gasteiger partial charge is 0.503 e. The fourth-order valence-electron chi connectivity index (χ4n) is 1.73. The number of methoxy groups -OCH3 is 2. The smallest absolute Gasteiger partial charge is 0.341 e. The second-order valence-corrected chi connectivity index (χ2v) is 3.89. The van der Waals surface area contributed by atoms with Crippen LogP contribution < -0.4 is 0 Å². The highest BCUT2D eigenvalue weighted by molar-refractivity contribution is 6.16. The number of allylic oxidation sites excluding steroid dienone is 1. The molecule has 5 heteroatoms. The van der Waals surface area contributed by atoms with Crippen molar-refractivity contribution in [3.05, 3.63) is 54.3 Å². The van der Waals surface area contributed by atoms with Gasteiger partial charge in [-0.25, -0.2) is 4.79 Å². The highest BCUT2D eigenvalue weighted by Gasteiger charge is 2.17. The molecule has 1 N–H and O–H groups in total. The van der Waals surface area contributed by atoms with Gasteiger partial charge in [0.15, 0.2) is 0 Å². The van der Waals surface area contributed by atoms with Crippen LogP contribution in [0.15, 0.2) is 48.3 Å². The molecule has 1 aromatic rings. The van der Waals surface area contributed by atoms with Crippen molar-refractivity contribution in [3.63, 3.8) is 0 Å². The van der Waals surface area contributed by atoms with E-state index in [1.807, 2.05) is 12.1 Å². The Balaban J connectivity index is 3.26. The molecule has 0 bridgehead atoms. The van der Waals surface area contributed by atoms with Gasteiger partial charge >= 0.3 is 5.97 Å². The number of carbonyl (C=O) groups excluding carboxylic acids is 1. The van der Waals surface area contributed by atoms with Crippen molar-refractivity contribution in [2.24, 2.45) is 5.16 Å². The zero-order chi connectivity index (χ0) is 15.0. The van der Waals surface area contributed by atoms with Gasteiger partial charge in [0.2, 0.25) is 0 Å². The van der Waals surface area contributed by atoms with E-state index in [-0.39, 0.29) is 0 Å². The maximum absolute atomic E-state index is 11.8. The molecule has 0 saturated carbocycles. The second kappa shape index (κ2) is 7.78. The number of rotatable bonds is 6. The zero-order valence-corrected chi connectivity index (χ0v) is 11.5. The third-order valence-electron chi connectivity index (χ3n) is 2.68. The van der Waals surface area contributed by atoms with Gasteiger partial charge in [-0.15, -0.1) is 0 Å². The summed E-state index contributed by atoms with van der Waals surface area (Å²) >= 11 is 0. The fourth-order valence-corrected chi connectivity index (χ4v) is 1.73. The Morgan fingerprint density at radius 3 is 2.65 bits per heavy atom. The number of esters is 1. The van der Waals surface area contributed by atoms with E-state index in [4.69, 9.17) is 14.7 Å². The van der Waals surface area contributed by atoms with E-state index in [1.165, 1.54) is 26.6 Å². The Morgan fingerprint density at radius 1 is 1.40 bits per heavy atom. The van der Waals surface area contributed by atoms with Crippen LogP contribution in [-0.2, 0) is 20.7 Å². The molecule has 20 heavy (non-hydrogen) atoms. The highest BCUT2D eigenvalue weighted by atomic mass is 16.5. The van der Waals surface area contributed by atoms with E-state index in [9.17, 15) is 4.79 Å². The van der Waals surface area contributed by atoms with Crippen molar-refractivity contribution in [3.8, 4) is 0 Å². The molecule has 0 amide bonds. The summed E-state index contributed by atoms with van der Waals surface area (Å²) in [7, 11) is 2.76. The average Bonchev–Trinajstić information content (AvgIpc) is 2.50. The predicted octanol–water partition coefficient (Wildman–Crippen LogP) is 2.41. The predicted molar refractivity (Wildman–Crippen MR) is 76.6 cm³/mol. The lowest BCUT2D eigenvalue weighted by Crippen LogP contribution is -2.09. The molecule has 0 atom stereocenters. The van der Waals surface area contributed by atoms with Crippen LogP contribution in [0.25, 0.3) is 5.57 Å². The summed E-state index contributed by atoms with van der Waals surface area (Å²) in [6.07, 6.45) is 3.12.